The van der Waals surface area contributed by atoms with Crippen molar-refractivity contribution in [3.63, 3.8) is 0 Å². The Balaban J connectivity index is 2.57. The molecule has 2 aromatic heterocycles. The van der Waals surface area contributed by atoms with E-state index in [4.69, 9.17) is 7.85 Å². The highest BCUT2D eigenvalue weighted by atomic mass is 14.7. The predicted octanol–water partition coefficient (Wildman–Crippen LogP) is 1.58. The van der Waals surface area contributed by atoms with Crippen molar-refractivity contribution in [2.24, 2.45) is 0 Å². The average molecular weight is 190 g/mol. The van der Waals surface area contributed by atoms with Gasteiger partial charge in [0.2, 0.25) is 0 Å². The lowest BCUT2D eigenvalue weighted by Gasteiger charge is -2.02. The lowest BCUT2D eigenvalue weighted by Crippen LogP contribution is -2.06. The van der Waals surface area contributed by atoms with E-state index < -0.39 is 0 Å². The van der Waals surface area contributed by atoms with Crippen molar-refractivity contribution in [3.05, 3.63) is 42.6 Å². The third-order valence-corrected chi connectivity index (χ3v) is 2.45. The van der Waals surface area contributed by atoms with Crippen LogP contribution in [0.3, 0.4) is 0 Å². The molecule has 3 aromatic rings. The number of nitrogens with zero attached hydrogens (tertiary/aromatic N) is 2. The van der Waals surface area contributed by atoms with Gasteiger partial charge in [-0.05, 0) is 11.7 Å². The van der Waals surface area contributed by atoms with Crippen LogP contribution < -0.4 is 5.59 Å². The number of hydrogen-bond acceptors (Lipinski definition) is 2. The number of hydrogen-bond donors (Lipinski definition) is 0. The van der Waals surface area contributed by atoms with E-state index >= 15 is 0 Å². The Morgan fingerprint density at radius 1 is 0.867 bits per heavy atom. The zero-order valence-corrected chi connectivity index (χ0v) is 8.01. The molecule has 3 rings (SSSR count). The first-order valence-electron chi connectivity index (χ1n) is 4.74. The quantitative estimate of drug-likeness (QED) is 0.397. The second-order valence-electron chi connectivity index (χ2n) is 3.45. The summed E-state index contributed by atoms with van der Waals surface area (Å²) in [5.74, 6) is 0. The van der Waals surface area contributed by atoms with E-state index in [1.54, 1.807) is 12.3 Å². The van der Waals surface area contributed by atoms with Crippen LogP contribution in [0.4, 0.5) is 0 Å². The van der Waals surface area contributed by atoms with Crippen LogP contribution in [0.1, 0.15) is 0 Å². The minimum atomic E-state index is 0.528. The normalized spacial score (nSPS) is 10.9. The molecule has 0 unspecified atom stereocenters. The summed E-state index contributed by atoms with van der Waals surface area (Å²) in [7, 11) is 5.68. The first-order valence-corrected chi connectivity index (χ1v) is 4.74. The molecular formula is C12H7BN2. The van der Waals surface area contributed by atoms with Crippen LogP contribution in [0, 0.1) is 0 Å². The fraction of sp³-hybridized carbons (Fsp3) is 0. The predicted molar refractivity (Wildman–Crippen MR) is 62.4 cm³/mol. The largest absolute Gasteiger partial charge is 0.262 e. The summed E-state index contributed by atoms with van der Waals surface area (Å²) in [6.07, 6.45) is 1.77. The Morgan fingerprint density at radius 3 is 2.47 bits per heavy atom. The van der Waals surface area contributed by atoms with Crippen LogP contribution in [-0.4, -0.2) is 17.8 Å². The molecule has 2 nitrogen and oxygen atoms in total. The van der Waals surface area contributed by atoms with E-state index in [1.807, 2.05) is 30.3 Å². The molecule has 0 atom stereocenters. The van der Waals surface area contributed by atoms with Crippen molar-refractivity contribution in [2.45, 2.75) is 0 Å². The highest BCUT2D eigenvalue weighted by Gasteiger charge is 2.01. The molecular weight excluding hydrogens is 183 g/mol. The first-order chi connectivity index (χ1) is 7.34. The molecule has 2 radical (unpaired) electrons. The molecule has 0 saturated heterocycles. The molecule has 2 heterocycles. The maximum Gasteiger partial charge on any atom is 0.141 e. The van der Waals surface area contributed by atoms with Crippen molar-refractivity contribution in [1.29, 1.82) is 0 Å². The van der Waals surface area contributed by atoms with Crippen molar-refractivity contribution in [2.75, 3.05) is 0 Å². The number of fused-ring (bicyclic) bond motifs is 3. The lowest BCUT2D eigenvalue weighted by molar-refractivity contribution is 1.40. The van der Waals surface area contributed by atoms with E-state index in [0.29, 0.717) is 5.59 Å². The second-order valence-corrected chi connectivity index (χ2v) is 3.45. The van der Waals surface area contributed by atoms with E-state index in [0.717, 1.165) is 21.8 Å². The monoisotopic (exact) mass is 190 g/mol. The fourth-order valence-electron chi connectivity index (χ4n) is 1.74. The van der Waals surface area contributed by atoms with Gasteiger partial charge in [-0.15, -0.1) is 0 Å². The topological polar surface area (TPSA) is 25.8 Å². The summed E-state index contributed by atoms with van der Waals surface area (Å²) in [5, 5.41) is 2.15. The number of benzene rings is 1. The van der Waals surface area contributed by atoms with Gasteiger partial charge in [0, 0.05) is 17.0 Å². The fourth-order valence-corrected chi connectivity index (χ4v) is 1.74. The van der Waals surface area contributed by atoms with Crippen LogP contribution in [0.15, 0.2) is 42.6 Å². The summed E-state index contributed by atoms with van der Waals surface area (Å²) < 4.78 is 0. The van der Waals surface area contributed by atoms with Gasteiger partial charge in [-0.2, -0.15) is 0 Å². The SMILES string of the molecule is [B]c1ccc2ccc3cccnc3c2n1. The molecule has 0 saturated carbocycles. The zero-order valence-electron chi connectivity index (χ0n) is 8.01. The maximum absolute atomic E-state index is 5.68. The van der Waals surface area contributed by atoms with Crippen molar-refractivity contribution in [3.8, 4) is 0 Å². The van der Waals surface area contributed by atoms with Gasteiger partial charge in [0.1, 0.15) is 7.85 Å². The Bertz CT molecular complexity index is 649. The number of aromatic nitrogens is 2. The molecule has 0 aliphatic heterocycles. The molecule has 0 fully saturated rings. The average Bonchev–Trinajstić information content (AvgIpc) is 2.29. The Kier molecular flexibility index (Phi) is 1.71. The summed E-state index contributed by atoms with van der Waals surface area (Å²) in [4.78, 5) is 8.65. The van der Waals surface area contributed by atoms with Gasteiger partial charge >= 0.3 is 0 Å². The van der Waals surface area contributed by atoms with Gasteiger partial charge in [-0.25, -0.2) is 0 Å². The third-order valence-electron chi connectivity index (χ3n) is 2.45. The lowest BCUT2D eigenvalue weighted by atomic mass is 10.0. The summed E-state index contributed by atoms with van der Waals surface area (Å²) in [6.45, 7) is 0. The Morgan fingerprint density at radius 2 is 1.60 bits per heavy atom. The van der Waals surface area contributed by atoms with Crippen molar-refractivity contribution >= 4 is 35.2 Å². The van der Waals surface area contributed by atoms with E-state index in [1.165, 1.54) is 0 Å². The molecule has 0 spiro atoms. The van der Waals surface area contributed by atoms with E-state index in [-0.39, 0.29) is 0 Å². The molecule has 15 heavy (non-hydrogen) atoms. The van der Waals surface area contributed by atoms with Gasteiger partial charge in [0.05, 0.1) is 11.0 Å². The van der Waals surface area contributed by atoms with Crippen LogP contribution in [0.25, 0.3) is 21.8 Å². The highest BCUT2D eigenvalue weighted by molar-refractivity contribution is 6.31. The molecule has 3 heteroatoms. The summed E-state index contributed by atoms with van der Waals surface area (Å²) in [5.41, 5.74) is 2.30. The van der Waals surface area contributed by atoms with Crippen LogP contribution in [-0.2, 0) is 0 Å². The molecule has 0 aliphatic carbocycles. The highest BCUT2D eigenvalue weighted by Crippen LogP contribution is 2.20. The maximum atomic E-state index is 5.68. The smallest absolute Gasteiger partial charge is 0.141 e. The van der Waals surface area contributed by atoms with Crippen LogP contribution in [0.2, 0.25) is 0 Å². The minimum absolute atomic E-state index is 0.528. The van der Waals surface area contributed by atoms with Crippen LogP contribution in [0.5, 0.6) is 0 Å². The van der Waals surface area contributed by atoms with Crippen LogP contribution >= 0.6 is 0 Å². The van der Waals surface area contributed by atoms with Gasteiger partial charge in [0.15, 0.2) is 0 Å². The van der Waals surface area contributed by atoms with E-state index in [2.05, 4.69) is 9.97 Å². The Labute approximate surface area is 88.4 Å². The van der Waals surface area contributed by atoms with Crippen molar-refractivity contribution in [1.82, 2.24) is 9.97 Å². The molecule has 0 bridgehead atoms. The van der Waals surface area contributed by atoms with Gasteiger partial charge < -0.3 is 0 Å². The van der Waals surface area contributed by atoms with Gasteiger partial charge in [0.25, 0.3) is 0 Å². The number of pyridine rings is 2. The summed E-state index contributed by atoms with van der Waals surface area (Å²) >= 11 is 0. The van der Waals surface area contributed by atoms with Gasteiger partial charge in [-0.3, -0.25) is 9.97 Å². The second kappa shape index (κ2) is 3.06. The minimum Gasteiger partial charge on any atom is -0.262 e. The first kappa shape index (κ1) is 8.42. The van der Waals surface area contributed by atoms with E-state index in [9.17, 15) is 0 Å². The molecule has 1 aromatic carbocycles. The number of rotatable bonds is 0. The summed E-state index contributed by atoms with van der Waals surface area (Å²) in [6, 6.07) is 11.8. The molecule has 0 N–H and O–H groups in total. The molecule has 0 amide bonds. The Hall–Kier alpha value is -1.90. The zero-order chi connectivity index (χ0) is 10.3. The third kappa shape index (κ3) is 1.28. The van der Waals surface area contributed by atoms with Gasteiger partial charge in [-0.1, -0.05) is 30.3 Å². The molecule has 0 aliphatic rings. The standard InChI is InChI=1S/C12H7BN2/c13-10-6-5-9-4-3-8-2-1-7-14-11(8)12(9)15-10/h1-7H. The van der Waals surface area contributed by atoms with Crippen molar-refractivity contribution < 1.29 is 0 Å². The molecule has 68 valence electrons.